The third-order valence-electron chi connectivity index (χ3n) is 2.90. The Hall–Kier alpha value is -2.11. The van der Waals surface area contributed by atoms with Crippen molar-refractivity contribution in [1.82, 2.24) is 9.97 Å². The fourth-order valence-corrected chi connectivity index (χ4v) is 2.40. The molecule has 5 nitrogen and oxygen atoms in total. The topological polar surface area (TPSA) is 71.8 Å². The second-order valence-corrected chi connectivity index (χ2v) is 4.90. The summed E-state index contributed by atoms with van der Waals surface area (Å²) in [5, 5.41) is 11.5. The fraction of sp³-hybridized carbons (Fsp3) is 0. The number of rotatable bonds is 2. The lowest BCUT2D eigenvalue weighted by Gasteiger charge is -2.04. The Balaban J connectivity index is 2.32. The molecular formula is C13H7Cl2N3O2. The highest BCUT2D eigenvalue weighted by molar-refractivity contribution is 6.44. The highest BCUT2D eigenvalue weighted by atomic mass is 35.5. The molecule has 1 aromatic heterocycles. The van der Waals surface area contributed by atoms with Gasteiger partial charge in [0.15, 0.2) is 0 Å². The Kier molecular flexibility index (Phi) is 3.08. The number of nitrogens with one attached hydrogen (secondary N) is 1. The van der Waals surface area contributed by atoms with E-state index in [1.165, 1.54) is 12.1 Å². The molecule has 0 unspecified atom stereocenters. The van der Waals surface area contributed by atoms with Gasteiger partial charge < -0.3 is 4.98 Å². The minimum atomic E-state index is -0.509. The normalized spacial score (nSPS) is 10.9. The molecule has 0 amide bonds. The summed E-state index contributed by atoms with van der Waals surface area (Å²) in [6.07, 6.45) is 0. The Labute approximate surface area is 123 Å². The summed E-state index contributed by atoms with van der Waals surface area (Å²) >= 11 is 12.1. The van der Waals surface area contributed by atoms with Gasteiger partial charge in [0.05, 0.1) is 26.0 Å². The summed E-state index contributed by atoms with van der Waals surface area (Å²) in [6, 6.07) is 10.0. The Morgan fingerprint density at radius 2 is 1.90 bits per heavy atom. The van der Waals surface area contributed by atoms with Crippen molar-refractivity contribution in [3.05, 3.63) is 56.6 Å². The van der Waals surface area contributed by atoms with Crippen molar-refractivity contribution in [3.63, 3.8) is 0 Å². The molecule has 0 fully saturated rings. The van der Waals surface area contributed by atoms with Gasteiger partial charge in [-0.1, -0.05) is 35.3 Å². The van der Waals surface area contributed by atoms with Gasteiger partial charge in [0.25, 0.3) is 5.69 Å². The molecule has 0 bridgehead atoms. The standard InChI is InChI=1S/C13H7Cl2N3O2/c14-7-5-6-10(18(19)20)11(12(7)15)13-16-8-3-1-2-4-9(8)17-13/h1-6H,(H,16,17). The summed E-state index contributed by atoms with van der Waals surface area (Å²) in [7, 11) is 0. The number of imidazole rings is 1. The van der Waals surface area contributed by atoms with E-state index < -0.39 is 4.92 Å². The molecule has 0 aliphatic heterocycles. The number of benzene rings is 2. The number of aromatic nitrogens is 2. The molecule has 2 aromatic carbocycles. The Morgan fingerprint density at radius 3 is 2.60 bits per heavy atom. The molecule has 0 aliphatic rings. The number of hydrogen-bond acceptors (Lipinski definition) is 3. The van der Waals surface area contributed by atoms with Gasteiger partial charge >= 0.3 is 0 Å². The van der Waals surface area contributed by atoms with Crippen LogP contribution in [-0.4, -0.2) is 14.9 Å². The molecule has 0 atom stereocenters. The van der Waals surface area contributed by atoms with Crippen LogP contribution in [-0.2, 0) is 0 Å². The van der Waals surface area contributed by atoms with Gasteiger partial charge in [-0.15, -0.1) is 0 Å². The lowest BCUT2D eigenvalue weighted by Crippen LogP contribution is -1.94. The molecule has 3 aromatic rings. The minimum absolute atomic E-state index is 0.111. The molecular weight excluding hydrogens is 301 g/mol. The first kappa shape index (κ1) is 12.9. The van der Waals surface area contributed by atoms with Crippen LogP contribution in [0.3, 0.4) is 0 Å². The van der Waals surface area contributed by atoms with Crippen LogP contribution >= 0.6 is 23.2 Å². The molecule has 0 spiro atoms. The van der Waals surface area contributed by atoms with Crippen LogP contribution in [0.4, 0.5) is 5.69 Å². The van der Waals surface area contributed by atoms with Gasteiger partial charge in [-0.05, 0) is 18.2 Å². The van der Waals surface area contributed by atoms with Gasteiger partial charge in [0, 0.05) is 6.07 Å². The van der Waals surface area contributed by atoms with Gasteiger partial charge in [-0.3, -0.25) is 10.1 Å². The van der Waals surface area contributed by atoms with Crippen LogP contribution in [0.2, 0.25) is 10.0 Å². The maximum absolute atomic E-state index is 11.1. The summed E-state index contributed by atoms with van der Waals surface area (Å²) in [5.74, 6) is 0.324. The van der Waals surface area contributed by atoms with Crippen LogP contribution in [0.15, 0.2) is 36.4 Å². The third kappa shape index (κ3) is 2.01. The van der Waals surface area contributed by atoms with Crippen molar-refractivity contribution in [1.29, 1.82) is 0 Å². The average molecular weight is 308 g/mol. The van der Waals surface area contributed by atoms with E-state index in [9.17, 15) is 10.1 Å². The predicted molar refractivity (Wildman–Crippen MR) is 78.2 cm³/mol. The number of halogens is 2. The maximum atomic E-state index is 11.1. The first-order valence-corrected chi connectivity index (χ1v) is 6.41. The third-order valence-corrected chi connectivity index (χ3v) is 3.70. The van der Waals surface area contributed by atoms with Crippen molar-refractivity contribution in [2.24, 2.45) is 0 Å². The zero-order chi connectivity index (χ0) is 14.3. The molecule has 7 heteroatoms. The van der Waals surface area contributed by atoms with Crippen molar-refractivity contribution < 1.29 is 4.92 Å². The van der Waals surface area contributed by atoms with Gasteiger partial charge in [-0.25, -0.2) is 4.98 Å². The number of para-hydroxylation sites is 2. The molecule has 1 heterocycles. The van der Waals surface area contributed by atoms with Crippen LogP contribution in [0, 0.1) is 10.1 Å². The van der Waals surface area contributed by atoms with Gasteiger partial charge in [0.2, 0.25) is 0 Å². The molecule has 0 saturated carbocycles. The molecule has 0 aliphatic carbocycles. The zero-order valence-electron chi connectivity index (χ0n) is 9.93. The summed E-state index contributed by atoms with van der Waals surface area (Å²) in [5.41, 5.74) is 1.53. The Morgan fingerprint density at radius 1 is 1.15 bits per heavy atom. The summed E-state index contributed by atoms with van der Waals surface area (Å²) in [6.45, 7) is 0. The zero-order valence-corrected chi connectivity index (χ0v) is 11.4. The number of H-pyrrole nitrogens is 1. The van der Waals surface area contributed by atoms with Gasteiger partial charge in [0.1, 0.15) is 11.4 Å². The highest BCUT2D eigenvalue weighted by Gasteiger charge is 2.23. The van der Waals surface area contributed by atoms with Crippen molar-refractivity contribution in [2.45, 2.75) is 0 Å². The number of nitro groups is 1. The monoisotopic (exact) mass is 307 g/mol. The number of fused-ring (bicyclic) bond motifs is 1. The average Bonchev–Trinajstić information content (AvgIpc) is 2.84. The lowest BCUT2D eigenvalue weighted by atomic mass is 10.1. The Bertz CT molecular complexity index is 797. The number of hydrogen-bond donors (Lipinski definition) is 1. The largest absolute Gasteiger partial charge is 0.338 e. The van der Waals surface area contributed by atoms with E-state index in [4.69, 9.17) is 23.2 Å². The second kappa shape index (κ2) is 4.77. The van der Waals surface area contributed by atoms with E-state index in [0.29, 0.717) is 11.3 Å². The van der Waals surface area contributed by atoms with Crippen molar-refractivity contribution in [2.75, 3.05) is 0 Å². The number of nitrogens with zero attached hydrogens (tertiary/aromatic N) is 2. The van der Waals surface area contributed by atoms with Crippen LogP contribution in [0.5, 0.6) is 0 Å². The van der Waals surface area contributed by atoms with Crippen LogP contribution in [0.1, 0.15) is 0 Å². The number of aromatic amines is 1. The first-order valence-electron chi connectivity index (χ1n) is 5.65. The molecule has 100 valence electrons. The van der Waals surface area contributed by atoms with Crippen LogP contribution < -0.4 is 0 Å². The van der Waals surface area contributed by atoms with Crippen LogP contribution in [0.25, 0.3) is 22.4 Å². The van der Waals surface area contributed by atoms with E-state index >= 15 is 0 Å². The molecule has 0 saturated heterocycles. The smallest absolute Gasteiger partial charge is 0.281 e. The molecule has 20 heavy (non-hydrogen) atoms. The van der Waals surface area contributed by atoms with E-state index in [-0.39, 0.29) is 21.3 Å². The maximum Gasteiger partial charge on any atom is 0.281 e. The predicted octanol–water partition coefficient (Wildman–Crippen LogP) is 4.44. The highest BCUT2D eigenvalue weighted by Crippen LogP contribution is 2.39. The summed E-state index contributed by atoms with van der Waals surface area (Å²) in [4.78, 5) is 18.0. The molecule has 1 N–H and O–H groups in total. The van der Waals surface area contributed by atoms with Crippen molar-refractivity contribution >= 4 is 39.9 Å². The van der Waals surface area contributed by atoms with E-state index in [2.05, 4.69) is 9.97 Å². The van der Waals surface area contributed by atoms with E-state index in [1.807, 2.05) is 18.2 Å². The SMILES string of the molecule is O=[N+]([O-])c1ccc(Cl)c(Cl)c1-c1nc2ccccc2[nH]1. The number of nitro benzene ring substituents is 1. The van der Waals surface area contributed by atoms with E-state index in [0.717, 1.165) is 5.52 Å². The quantitative estimate of drug-likeness (QED) is 0.561. The minimum Gasteiger partial charge on any atom is -0.338 e. The van der Waals surface area contributed by atoms with E-state index in [1.54, 1.807) is 6.07 Å². The van der Waals surface area contributed by atoms with Gasteiger partial charge in [-0.2, -0.15) is 0 Å². The first-order chi connectivity index (χ1) is 9.58. The molecule has 3 rings (SSSR count). The molecule has 0 radical (unpaired) electrons. The fourth-order valence-electron chi connectivity index (χ4n) is 1.99. The summed E-state index contributed by atoms with van der Waals surface area (Å²) < 4.78 is 0. The second-order valence-electron chi connectivity index (χ2n) is 4.12. The lowest BCUT2D eigenvalue weighted by molar-refractivity contribution is -0.384. The van der Waals surface area contributed by atoms with Crippen molar-refractivity contribution in [3.8, 4) is 11.4 Å².